The molecule has 0 fully saturated rings. The maximum atomic E-state index is 12.7. The molecule has 3 heterocycles. The summed E-state index contributed by atoms with van der Waals surface area (Å²) in [4.78, 5) is 16.3. The molecule has 4 rings (SSSR count). The van der Waals surface area contributed by atoms with Gasteiger partial charge in [-0.05, 0) is 52.7 Å². The number of anilines is 1. The quantitative estimate of drug-likeness (QED) is 0.691. The van der Waals surface area contributed by atoms with Gasteiger partial charge in [-0.3, -0.25) is 4.79 Å². The van der Waals surface area contributed by atoms with Gasteiger partial charge < -0.3 is 25.4 Å². The van der Waals surface area contributed by atoms with Gasteiger partial charge in [0.05, 0.1) is 17.1 Å². The molecule has 2 aliphatic rings. The van der Waals surface area contributed by atoms with E-state index in [9.17, 15) is 9.90 Å². The number of phenols is 1. The van der Waals surface area contributed by atoms with Crippen molar-refractivity contribution in [2.24, 2.45) is 0 Å². The number of fused-ring (bicyclic) bond motifs is 3. The van der Waals surface area contributed by atoms with E-state index in [1.165, 1.54) is 17.6 Å². The van der Waals surface area contributed by atoms with Crippen molar-refractivity contribution in [3.8, 4) is 11.5 Å². The molecule has 1 atom stereocenters. The van der Waals surface area contributed by atoms with Gasteiger partial charge in [-0.15, -0.1) is 11.3 Å². The van der Waals surface area contributed by atoms with E-state index < -0.39 is 0 Å². The van der Waals surface area contributed by atoms with Gasteiger partial charge >= 0.3 is 0 Å². The van der Waals surface area contributed by atoms with Crippen LogP contribution in [0.25, 0.3) is 0 Å². The number of likely N-dealkylation sites (N-methyl/N-ethyl adjacent to an activating group) is 1. The molecule has 25 heavy (non-hydrogen) atoms. The first kappa shape index (κ1) is 16.7. The monoisotopic (exact) mass is 423 g/mol. The van der Waals surface area contributed by atoms with Crippen LogP contribution in [0, 0.1) is 0 Å². The predicted octanol–water partition coefficient (Wildman–Crippen LogP) is 3.07. The molecule has 1 amide bonds. The molecule has 132 valence electrons. The summed E-state index contributed by atoms with van der Waals surface area (Å²) in [5, 5.41) is 17.3. The summed E-state index contributed by atoms with van der Waals surface area (Å²) in [6, 6.07) is 3.51. The number of thiophene rings is 1. The minimum atomic E-state index is -0.372. The molecular formula is C17H18BrN3O3S. The van der Waals surface area contributed by atoms with Crippen LogP contribution in [-0.2, 0) is 13.0 Å². The fraction of sp³-hybridized carbons (Fsp3) is 0.353. The fourth-order valence-corrected chi connectivity index (χ4v) is 5.14. The Hall–Kier alpha value is -1.77. The van der Waals surface area contributed by atoms with Gasteiger partial charge in [0, 0.05) is 18.0 Å². The van der Waals surface area contributed by atoms with E-state index in [1.54, 1.807) is 23.5 Å². The van der Waals surface area contributed by atoms with E-state index in [0.29, 0.717) is 10.2 Å². The second-order valence-corrected chi connectivity index (χ2v) is 8.26. The van der Waals surface area contributed by atoms with Crippen LogP contribution < -0.4 is 15.4 Å². The van der Waals surface area contributed by atoms with Gasteiger partial charge in [0.2, 0.25) is 0 Å². The molecule has 0 saturated heterocycles. The molecule has 0 saturated carbocycles. The lowest BCUT2D eigenvalue weighted by molar-refractivity contribution is 0.0935. The summed E-state index contributed by atoms with van der Waals surface area (Å²) in [5.74, 6) is 0.353. The number of hydrogen-bond acceptors (Lipinski definition) is 6. The molecule has 3 N–H and O–H groups in total. The highest BCUT2D eigenvalue weighted by Crippen LogP contribution is 2.42. The minimum absolute atomic E-state index is 0.0451. The van der Waals surface area contributed by atoms with E-state index in [4.69, 9.17) is 4.74 Å². The summed E-state index contributed by atoms with van der Waals surface area (Å²) in [6.45, 7) is 1.85. The van der Waals surface area contributed by atoms with Crippen LogP contribution in [0.5, 0.6) is 11.5 Å². The number of halogens is 1. The molecule has 8 heteroatoms. The third-order valence-corrected chi connectivity index (χ3v) is 6.38. The molecule has 6 nitrogen and oxygen atoms in total. The van der Waals surface area contributed by atoms with Gasteiger partial charge in [-0.25, -0.2) is 0 Å². The number of phenolic OH excluding ortho intramolecular Hbond substituents is 1. The van der Waals surface area contributed by atoms with Crippen LogP contribution in [0.15, 0.2) is 16.6 Å². The molecule has 0 radical (unpaired) electrons. The first-order valence-corrected chi connectivity index (χ1v) is 9.55. The third kappa shape index (κ3) is 2.78. The first-order chi connectivity index (χ1) is 12.0. The smallest absolute Gasteiger partial charge is 0.256 e. The number of amides is 1. The topological polar surface area (TPSA) is 73.8 Å². The number of carbonyl (C=O) groups is 1. The standard InChI is InChI=1S/C17H18BrN3O3S/c1-21-4-3-9-12(7-21)25-17-13(9)16(23)19-15(20-17)8-5-10(18)14(22)11(6-8)24-2/h5-6,15,20,22H,3-4,7H2,1-2H3,(H,19,23)/t15-/m0/s1. The lowest BCUT2D eigenvalue weighted by Crippen LogP contribution is -2.38. The highest BCUT2D eigenvalue weighted by molar-refractivity contribution is 9.10. The Morgan fingerprint density at radius 3 is 2.96 bits per heavy atom. The van der Waals surface area contributed by atoms with Crippen LogP contribution in [-0.4, -0.2) is 36.6 Å². The molecule has 2 aromatic rings. The Kier molecular flexibility index (Phi) is 4.13. The summed E-state index contributed by atoms with van der Waals surface area (Å²) < 4.78 is 5.73. The highest BCUT2D eigenvalue weighted by Gasteiger charge is 2.33. The van der Waals surface area contributed by atoms with Crippen molar-refractivity contribution < 1.29 is 14.6 Å². The Morgan fingerprint density at radius 2 is 2.20 bits per heavy atom. The van der Waals surface area contributed by atoms with Crippen LogP contribution in [0.4, 0.5) is 5.00 Å². The maximum absolute atomic E-state index is 12.7. The van der Waals surface area contributed by atoms with Gasteiger partial charge in [0.1, 0.15) is 11.2 Å². The second kappa shape index (κ2) is 6.19. The number of hydrogen-bond donors (Lipinski definition) is 3. The van der Waals surface area contributed by atoms with E-state index in [2.05, 4.69) is 38.5 Å². The van der Waals surface area contributed by atoms with Crippen molar-refractivity contribution in [2.75, 3.05) is 26.0 Å². The van der Waals surface area contributed by atoms with Crippen LogP contribution in [0.3, 0.4) is 0 Å². The number of nitrogens with one attached hydrogen (secondary N) is 2. The zero-order chi connectivity index (χ0) is 17.7. The van der Waals surface area contributed by atoms with Crippen LogP contribution in [0.1, 0.15) is 32.5 Å². The van der Waals surface area contributed by atoms with Gasteiger partial charge in [0.25, 0.3) is 5.91 Å². The van der Waals surface area contributed by atoms with Gasteiger partial charge in [-0.1, -0.05) is 0 Å². The number of carbonyl (C=O) groups excluding carboxylic acids is 1. The van der Waals surface area contributed by atoms with Crippen LogP contribution >= 0.6 is 27.3 Å². The molecule has 0 bridgehead atoms. The Labute approximate surface area is 157 Å². The van der Waals surface area contributed by atoms with E-state index in [-0.39, 0.29) is 17.8 Å². The van der Waals surface area contributed by atoms with Crippen molar-refractivity contribution >= 4 is 38.2 Å². The van der Waals surface area contributed by atoms with Gasteiger partial charge in [-0.2, -0.15) is 0 Å². The molecule has 0 unspecified atom stereocenters. The van der Waals surface area contributed by atoms with Gasteiger partial charge in [0.15, 0.2) is 11.5 Å². The van der Waals surface area contributed by atoms with Crippen LogP contribution in [0.2, 0.25) is 0 Å². The van der Waals surface area contributed by atoms with Crippen molar-refractivity contribution in [3.05, 3.63) is 38.2 Å². The molecule has 2 aliphatic heterocycles. The zero-order valence-corrected chi connectivity index (χ0v) is 16.3. The van der Waals surface area contributed by atoms with E-state index >= 15 is 0 Å². The van der Waals surface area contributed by atoms with Crippen molar-refractivity contribution in [1.82, 2.24) is 10.2 Å². The number of rotatable bonds is 2. The number of ether oxygens (including phenoxy) is 1. The lowest BCUT2D eigenvalue weighted by atomic mass is 10.0. The number of benzene rings is 1. The minimum Gasteiger partial charge on any atom is -0.503 e. The molecular weight excluding hydrogens is 406 g/mol. The van der Waals surface area contributed by atoms with Crippen molar-refractivity contribution in [3.63, 3.8) is 0 Å². The molecule has 1 aromatic heterocycles. The summed E-state index contributed by atoms with van der Waals surface area (Å²) in [5.41, 5.74) is 2.77. The molecule has 0 aliphatic carbocycles. The Balaban J connectivity index is 1.71. The Morgan fingerprint density at radius 1 is 1.40 bits per heavy atom. The number of nitrogens with zero attached hydrogens (tertiary/aromatic N) is 1. The predicted molar refractivity (Wildman–Crippen MR) is 101 cm³/mol. The largest absolute Gasteiger partial charge is 0.503 e. The zero-order valence-electron chi connectivity index (χ0n) is 13.9. The summed E-state index contributed by atoms with van der Waals surface area (Å²) in [7, 11) is 3.60. The summed E-state index contributed by atoms with van der Waals surface area (Å²) in [6.07, 6.45) is 0.527. The number of aromatic hydroxyl groups is 1. The molecule has 0 spiro atoms. The van der Waals surface area contributed by atoms with Crippen molar-refractivity contribution in [1.29, 1.82) is 0 Å². The van der Waals surface area contributed by atoms with E-state index in [0.717, 1.165) is 35.6 Å². The first-order valence-electron chi connectivity index (χ1n) is 7.94. The highest BCUT2D eigenvalue weighted by atomic mass is 79.9. The number of methoxy groups -OCH3 is 1. The second-order valence-electron chi connectivity index (χ2n) is 6.30. The summed E-state index contributed by atoms with van der Waals surface area (Å²) >= 11 is 4.99. The third-order valence-electron chi connectivity index (χ3n) is 4.63. The lowest BCUT2D eigenvalue weighted by Gasteiger charge is -2.28. The fourth-order valence-electron chi connectivity index (χ4n) is 3.33. The average Bonchev–Trinajstić information content (AvgIpc) is 2.94. The SMILES string of the molecule is COc1cc([C@H]2NC(=O)c3c(sc4c3CCN(C)C4)N2)cc(Br)c1O. The Bertz CT molecular complexity index is 867. The van der Waals surface area contributed by atoms with Crippen molar-refractivity contribution in [2.45, 2.75) is 19.1 Å². The average molecular weight is 424 g/mol. The maximum Gasteiger partial charge on any atom is 0.256 e. The van der Waals surface area contributed by atoms with E-state index in [1.807, 2.05) is 0 Å². The molecule has 1 aromatic carbocycles. The normalized spacial score (nSPS) is 19.6.